The topological polar surface area (TPSA) is 86.1 Å². The lowest BCUT2D eigenvalue weighted by Crippen LogP contribution is -2.17. The quantitative estimate of drug-likeness (QED) is 0.188. The van der Waals surface area contributed by atoms with Crippen LogP contribution in [-0.2, 0) is 35.2 Å². The van der Waals surface area contributed by atoms with Crippen molar-refractivity contribution in [2.75, 3.05) is 17.7 Å². The molecule has 2 aliphatic carbocycles. The van der Waals surface area contributed by atoms with Gasteiger partial charge in [-0.2, -0.15) is 0 Å². The van der Waals surface area contributed by atoms with Crippen LogP contribution >= 0.6 is 34.4 Å². The minimum absolute atomic E-state index is 0.153. The maximum absolute atomic E-state index is 13.1. The van der Waals surface area contributed by atoms with Gasteiger partial charge in [0.2, 0.25) is 5.91 Å². The monoisotopic (exact) mass is 558 g/mol. The van der Waals surface area contributed by atoms with Crippen LogP contribution in [0, 0.1) is 0 Å². The number of aromatic nitrogens is 3. The molecule has 5 rings (SSSR count). The molecule has 0 spiro atoms. The lowest BCUT2D eigenvalue weighted by Gasteiger charge is -2.16. The number of amides is 1. The lowest BCUT2D eigenvalue weighted by atomic mass is 9.95. The number of ether oxygens (including phenoxy) is 1. The first-order valence-corrected chi connectivity index (χ1v) is 15.9. The number of anilines is 1. The van der Waals surface area contributed by atoms with Crippen LogP contribution in [0.1, 0.15) is 90.2 Å². The van der Waals surface area contributed by atoms with E-state index in [4.69, 9.17) is 4.74 Å². The SMILES string of the molecule is CCOC(=O)c1c(NC(=O)CSc2nnc(-c3csc4c3CCCC4)n2C(C)C)sc2c1CCCCC2. The minimum atomic E-state index is -0.340. The number of aryl methyl sites for hydroxylation is 2. The Kier molecular flexibility index (Phi) is 8.36. The maximum Gasteiger partial charge on any atom is 0.341 e. The van der Waals surface area contributed by atoms with E-state index in [1.165, 1.54) is 56.8 Å². The van der Waals surface area contributed by atoms with E-state index in [1.807, 2.05) is 18.3 Å². The van der Waals surface area contributed by atoms with Crippen LogP contribution in [0.4, 0.5) is 5.00 Å². The molecule has 0 saturated heterocycles. The average Bonchev–Trinajstić information content (AvgIpc) is 3.53. The summed E-state index contributed by atoms with van der Waals surface area (Å²) in [5.41, 5.74) is 4.23. The number of hydrogen-bond acceptors (Lipinski definition) is 8. The molecule has 0 bridgehead atoms. The van der Waals surface area contributed by atoms with Gasteiger partial charge in [0.15, 0.2) is 11.0 Å². The number of rotatable bonds is 8. The summed E-state index contributed by atoms with van der Waals surface area (Å²) in [6.45, 7) is 6.37. The number of carbonyl (C=O) groups excluding carboxylic acids is 2. The Bertz CT molecular complexity index is 1290. The molecule has 3 heterocycles. The Hall–Kier alpha value is -2.17. The van der Waals surface area contributed by atoms with Crippen molar-refractivity contribution >= 4 is 51.3 Å². The first kappa shape index (κ1) is 26.4. The van der Waals surface area contributed by atoms with E-state index in [2.05, 4.69) is 39.3 Å². The second-order valence-corrected chi connectivity index (χ2v) is 12.9. The van der Waals surface area contributed by atoms with Crippen molar-refractivity contribution in [2.24, 2.45) is 0 Å². The molecule has 0 fully saturated rings. The molecule has 0 atom stereocenters. The first-order valence-electron chi connectivity index (χ1n) is 13.3. The average molecular weight is 559 g/mol. The molecule has 10 heteroatoms. The largest absolute Gasteiger partial charge is 0.462 e. The highest BCUT2D eigenvalue weighted by molar-refractivity contribution is 7.99. The van der Waals surface area contributed by atoms with Gasteiger partial charge in [0, 0.05) is 26.7 Å². The zero-order valence-corrected chi connectivity index (χ0v) is 24.2. The molecule has 0 aromatic carbocycles. The lowest BCUT2D eigenvalue weighted by molar-refractivity contribution is -0.113. The van der Waals surface area contributed by atoms with Gasteiger partial charge < -0.3 is 10.1 Å². The highest BCUT2D eigenvalue weighted by atomic mass is 32.2. The highest BCUT2D eigenvalue weighted by Gasteiger charge is 2.27. The highest BCUT2D eigenvalue weighted by Crippen LogP contribution is 2.39. The molecule has 1 amide bonds. The number of thioether (sulfide) groups is 1. The summed E-state index contributed by atoms with van der Waals surface area (Å²) >= 11 is 4.75. The van der Waals surface area contributed by atoms with Crippen LogP contribution in [-0.4, -0.2) is 39.0 Å². The summed E-state index contributed by atoms with van der Waals surface area (Å²) < 4.78 is 7.50. The maximum atomic E-state index is 13.1. The molecule has 1 N–H and O–H groups in total. The predicted octanol–water partition coefficient (Wildman–Crippen LogP) is 6.70. The summed E-state index contributed by atoms with van der Waals surface area (Å²) in [6, 6.07) is 0.165. The fraction of sp³-hybridized carbons (Fsp3) is 0.556. The molecule has 0 radical (unpaired) electrons. The van der Waals surface area contributed by atoms with Crippen molar-refractivity contribution in [3.63, 3.8) is 0 Å². The van der Waals surface area contributed by atoms with E-state index in [1.54, 1.807) is 0 Å². The van der Waals surface area contributed by atoms with Gasteiger partial charge in [-0.1, -0.05) is 18.2 Å². The van der Waals surface area contributed by atoms with Crippen molar-refractivity contribution in [1.82, 2.24) is 14.8 Å². The third-order valence-corrected chi connectivity index (χ3v) is 10.2. The van der Waals surface area contributed by atoms with Crippen molar-refractivity contribution in [3.05, 3.63) is 31.8 Å². The van der Waals surface area contributed by atoms with Crippen LogP contribution in [0.5, 0.6) is 0 Å². The Morgan fingerprint density at radius 3 is 2.59 bits per heavy atom. The molecule has 7 nitrogen and oxygen atoms in total. The van der Waals surface area contributed by atoms with Gasteiger partial charge in [-0.15, -0.1) is 32.9 Å². The van der Waals surface area contributed by atoms with E-state index >= 15 is 0 Å². The Morgan fingerprint density at radius 1 is 1.05 bits per heavy atom. The smallest absolute Gasteiger partial charge is 0.341 e. The van der Waals surface area contributed by atoms with Crippen LogP contribution < -0.4 is 5.32 Å². The number of fused-ring (bicyclic) bond motifs is 2. The van der Waals surface area contributed by atoms with Gasteiger partial charge >= 0.3 is 5.97 Å². The minimum Gasteiger partial charge on any atom is -0.462 e. The Labute approximate surface area is 230 Å². The predicted molar refractivity (Wildman–Crippen MR) is 151 cm³/mol. The summed E-state index contributed by atoms with van der Waals surface area (Å²) in [5, 5.41) is 15.7. The number of nitrogens with zero attached hydrogens (tertiary/aromatic N) is 3. The fourth-order valence-corrected chi connectivity index (χ4v) is 8.53. The second kappa shape index (κ2) is 11.7. The zero-order chi connectivity index (χ0) is 25.9. The summed E-state index contributed by atoms with van der Waals surface area (Å²) in [7, 11) is 0. The van der Waals surface area contributed by atoms with Gasteiger partial charge in [0.05, 0.1) is 17.9 Å². The number of hydrogen-bond donors (Lipinski definition) is 1. The van der Waals surface area contributed by atoms with Crippen molar-refractivity contribution in [3.8, 4) is 11.4 Å². The standard InChI is InChI=1S/C27H34N4O3S3/c1-4-34-26(33)23-18-11-6-5-7-13-21(18)37-25(23)28-22(32)15-36-27-30-29-24(31(27)16(2)3)19-14-35-20-12-9-8-10-17(19)20/h14,16H,4-13,15H2,1-3H3,(H,28,32). The molecule has 0 unspecified atom stereocenters. The number of thiophene rings is 2. The van der Waals surface area contributed by atoms with Gasteiger partial charge in [-0.25, -0.2) is 4.79 Å². The molecule has 0 aliphatic heterocycles. The van der Waals surface area contributed by atoms with E-state index in [0.29, 0.717) is 17.2 Å². The van der Waals surface area contributed by atoms with Gasteiger partial charge in [0.25, 0.3) is 0 Å². The van der Waals surface area contributed by atoms with Crippen LogP contribution in [0.2, 0.25) is 0 Å². The van der Waals surface area contributed by atoms with Gasteiger partial charge in [-0.05, 0) is 83.3 Å². The molecule has 3 aromatic heterocycles. The first-order chi connectivity index (χ1) is 18.0. The molecular formula is C27H34N4O3S3. The Balaban J connectivity index is 1.33. The van der Waals surface area contributed by atoms with Crippen molar-refractivity contribution in [2.45, 2.75) is 89.8 Å². The normalized spacial score (nSPS) is 15.2. The van der Waals surface area contributed by atoms with E-state index in [9.17, 15) is 9.59 Å². The molecule has 3 aromatic rings. The molecular weight excluding hydrogens is 525 g/mol. The van der Waals surface area contributed by atoms with Crippen LogP contribution in [0.3, 0.4) is 0 Å². The van der Waals surface area contributed by atoms with E-state index in [-0.39, 0.29) is 23.7 Å². The molecule has 2 aliphatic rings. The van der Waals surface area contributed by atoms with E-state index in [0.717, 1.165) is 61.5 Å². The third-order valence-electron chi connectivity index (χ3n) is 6.97. The molecule has 37 heavy (non-hydrogen) atoms. The fourth-order valence-electron chi connectivity index (χ4n) is 5.25. The molecule has 0 saturated carbocycles. The number of esters is 1. The van der Waals surface area contributed by atoms with Gasteiger partial charge in [0.1, 0.15) is 5.00 Å². The summed E-state index contributed by atoms with van der Waals surface area (Å²) in [6.07, 6.45) is 9.85. The number of carbonyl (C=O) groups is 2. The summed E-state index contributed by atoms with van der Waals surface area (Å²) in [5.74, 6) is 0.592. The van der Waals surface area contributed by atoms with Crippen molar-refractivity contribution < 1.29 is 14.3 Å². The van der Waals surface area contributed by atoms with Crippen LogP contribution in [0.25, 0.3) is 11.4 Å². The second-order valence-electron chi connectivity index (χ2n) is 9.85. The zero-order valence-electron chi connectivity index (χ0n) is 21.7. The Morgan fingerprint density at radius 2 is 1.78 bits per heavy atom. The third kappa shape index (κ3) is 5.52. The van der Waals surface area contributed by atoms with Crippen LogP contribution in [0.15, 0.2) is 10.5 Å². The molecule has 198 valence electrons. The van der Waals surface area contributed by atoms with Gasteiger partial charge in [-0.3, -0.25) is 9.36 Å². The van der Waals surface area contributed by atoms with E-state index < -0.39 is 0 Å². The van der Waals surface area contributed by atoms with Crippen molar-refractivity contribution in [1.29, 1.82) is 0 Å². The number of nitrogens with one attached hydrogen (secondary N) is 1. The summed E-state index contributed by atoms with van der Waals surface area (Å²) in [4.78, 5) is 28.6.